The monoisotopic (exact) mass is 723 g/mol. The quantitative estimate of drug-likeness (QED) is 0.177. The van der Waals surface area contributed by atoms with Crippen LogP contribution in [0.5, 0.6) is 0 Å². The molecule has 12 rings (SSSR count). The number of benzene rings is 8. The minimum atomic E-state index is 0.596. The van der Waals surface area contributed by atoms with E-state index in [0.29, 0.717) is 5.89 Å². The summed E-state index contributed by atoms with van der Waals surface area (Å²) in [6.45, 7) is 0. The summed E-state index contributed by atoms with van der Waals surface area (Å²) in [6.07, 6.45) is 0. The van der Waals surface area contributed by atoms with E-state index >= 15 is 0 Å². The van der Waals surface area contributed by atoms with E-state index in [0.717, 1.165) is 66.9 Å². The Balaban J connectivity index is 1.13. The van der Waals surface area contributed by atoms with E-state index < -0.39 is 0 Å². The Morgan fingerprint density at radius 1 is 0.491 bits per heavy atom. The molecule has 0 fully saturated rings. The molecule has 0 unspecified atom stereocenters. The largest absolute Gasteiger partial charge is 0.454 e. The van der Waals surface area contributed by atoms with Crippen LogP contribution >= 0.6 is 11.3 Å². The smallest absolute Gasteiger partial charge is 0.227 e. The molecule has 0 spiro atoms. The molecule has 0 aliphatic rings. The van der Waals surface area contributed by atoms with Crippen LogP contribution in [0.4, 0.5) is 17.1 Å². The number of nitrogens with zero attached hydrogens (tertiary/aromatic N) is 3. The summed E-state index contributed by atoms with van der Waals surface area (Å²) >= 11 is 1.83. The average Bonchev–Trinajstić information content (AvgIpc) is 4.01. The Morgan fingerprint density at radius 3 is 2.07 bits per heavy atom. The predicted molar refractivity (Wildman–Crippen MR) is 229 cm³/mol. The van der Waals surface area contributed by atoms with Gasteiger partial charge in [-0.1, -0.05) is 103 Å². The van der Waals surface area contributed by atoms with Gasteiger partial charge in [0.1, 0.15) is 11.1 Å². The van der Waals surface area contributed by atoms with E-state index in [-0.39, 0.29) is 0 Å². The molecule has 4 aromatic heterocycles. The highest BCUT2D eigenvalue weighted by molar-refractivity contribution is 7.26. The molecule has 5 nitrogen and oxygen atoms in total. The van der Waals surface area contributed by atoms with Crippen molar-refractivity contribution in [3.8, 4) is 17.1 Å². The van der Waals surface area contributed by atoms with Crippen LogP contribution in [-0.2, 0) is 0 Å². The van der Waals surface area contributed by atoms with Gasteiger partial charge >= 0.3 is 0 Å². The molecule has 0 amide bonds. The highest BCUT2D eigenvalue weighted by atomic mass is 32.1. The molecular formula is C49H29N3O2S. The Labute approximate surface area is 318 Å². The lowest BCUT2D eigenvalue weighted by Gasteiger charge is -2.26. The molecule has 0 radical (unpaired) electrons. The fourth-order valence-corrected chi connectivity index (χ4v) is 9.56. The van der Waals surface area contributed by atoms with E-state index in [2.05, 4.69) is 149 Å². The lowest BCUT2D eigenvalue weighted by molar-refractivity contribution is 0.620. The van der Waals surface area contributed by atoms with Crippen molar-refractivity contribution in [3.63, 3.8) is 0 Å². The van der Waals surface area contributed by atoms with Crippen molar-refractivity contribution in [2.75, 3.05) is 4.90 Å². The predicted octanol–water partition coefficient (Wildman–Crippen LogP) is 14.3. The number of hydrogen-bond donors (Lipinski definition) is 0. The normalized spacial score (nSPS) is 12.0. The van der Waals surface area contributed by atoms with Crippen LogP contribution in [0.2, 0.25) is 0 Å². The molecule has 0 saturated heterocycles. The first-order chi connectivity index (χ1) is 27.3. The summed E-state index contributed by atoms with van der Waals surface area (Å²) in [6, 6.07) is 62.0. The second kappa shape index (κ2) is 11.7. The Kier molecular flexibility index (Phi) is 6.44. The standard InChI is InChI=1S/C49H29N3O2S/c1-3-13-30(14-4-1)49-50-39-29-44-38(28-45(39)54-49)36-19-11-22-41(47(36)53-44)52(42-23-12-20-37-35-18-8-10-24-46(35)55-48(37)42)32-25-26-34-33-17-7-9-21-40(33)51(43(34)27-32)31-15-5-2-6-16-31/h1-29H. The maximum absolute atomic E-state index is 6.91. The van der Waals surface area contributed by atoms with Crippen molar-refractivity contribution in [2.45, 2.75) is 0 Å². The van der Waals surface area contributed by atoms with E-state index in [9.17, 15) is 0 Å². The number of fused-ring (bicyclic) bond motifs is 10. The van der Waals surface area contributed by atoms with E-state index in [4.69, 9.17) is 13.8 Å². The summed E-state index contributed by atoms with van der Waals surface area (Å²) in [4.78, 5) is 7.23. The SMILES string of the molecule is c1ccc(-c2nc3cc4oc5c(N(c6ccc7c8ccccc8n(-c8ccccc8)c7c6)c6cccc7c6sc6ccccc67)cccc5c4cc3o2)cc1. The third-order valence-corrected chi connectivity index (χ3v) is 12.0. The van der Waals surface area contributed by atoms with Gasteiger partial charge in [-0.25, -0.2) is 4.98 Å². The summed E-state index contributed by atoms with van der Waals surface area (Å²) in [5.41, 5.74) is 10.5. The molecule has 0 aliphatic heterocycles. The summed E-state index contributed by atoms with van der Waals surface area (Å²) < 4.78 is 18.1. The number of aromatic nitrogens is 2. The first-order valence-electron chi connectivity index (χ1n) is 18.4. The van der Waals surface area contributed by atoms with Gasteiger partial charge in [0.15, 0.2) is 11.2 Å². The number of furan rings is 1. The van der Waals surface area contributed by atoms with Gasteiger partial charge in [0.05, 0.1) is 27.1 Å². The zero-order valence-corrected chi connectivity index (χ0v) is 30.1. The minimum absolute atomic E-state index is 0.596. The molecular weight excluding hydrogens is 695 g/mol. The average molecular weight is 724 g/mol. The molecule has 55 heavy (non-hydrogen) atoms. The van der Waals surface area contributed by atoms with E-state index in [1.807, 2.05) is 47.7 Å². The maximum atomic E-state index is 6.91. The third kappa shape index (κ3) is 4.55. The van der Waals surface area contributed by atoms with Gasteiger partial charge < -0.3 is 18.3 Å². The first-order valence-corrected chi connectivity index (χ1v) is 19.2. The van der Waals surface area contributed by atoms with Gasteiger partial charge in [-0.15, -0.1) is 11.3 Å². The highest BCUT2D eigenvalue weighted by Gasteiger charge is 2.24. The van der Waals surface area contributed by atoms with Crippen LogP contribution < -0.4 is 4.90 Å². The second-order valence-corrected chi connectivity index (χ2v) is 15.0. The van der Waals surface area contributed by atoms with Gasteiger partial charge in [-0.3, -0.25) is 0 Å². The fourth-order valence-electron chi connectivity index (χ4n) is 8.35. The van der Waals surface area contributed by atoms with Crippen molar-refractivity contribution in [2.24, 2.45) is 0 Å². The van der Waals surface area contributed by atoms with Crippen molar-refractivity contribution in [1.29, 1.82) is 0 Å². The maximum Gasteiger partial charge on any atom is 0.227 e. The van der Waals surface area contributed by atoms with Gasteiger partial charge in [-0.2, -0.15) is 0 Å². The van der Waals surface area contributed by atoms with Crippen LogP contribution in [0, 0.1) is 0 Å². The molecule has 0 bridgehead atoms. The van der Waals surface area contributed by atoms with Gasteiger partial charge in [0.25, 0.3) is 0 Å². The van der Waals surface area contributed by atoms with E-state index in [1.54, 1.807) is 0 Å². The lowest BCUT2D eigenvalue weighted by Crippen LogP contribution is -2.10. The Morgan fingerprint density at radius 2 is 1.20 bits per heavy atom. The molecule has 0 aliphatic carbocycles. The van der Waals surface area contributed by atoms with Gasteiger partial charge in [0, 0.05) is 60.0 Å². The minimum Gasteiger partial charge on any atom is -0.454 e. The van der Waals surface area contributed by atoms with Crippen LogP contribution in [0.3, 0.4) is 0 Å². The van der Waals surface area contributed by atoms with Crippen molar-refractivity contribution >= 4 is 103 Å². The molecule has 258 valence electrons. The zero-order valence-electron chi connectivity index (χ0n) is 29.3. The third-order valence-electron chi connectivity index (χ3n) is 10.8. The number of anilines is 3. The van der Waals surface area contributed by atoms with Gasteiger partial charge in [-0.05, 0) is 66.7 Å². The number of thiophene rings is 1. The molecule has 0 atom stereocenters. The molecule has 4 heterocycles. The van der Waals surface area contributed by atoms with Crippen molar-refractivity contribution < 1.29 is 8.83 Å². The van der Waals surface area contributed by atoms with Crippen LogP contribution in [0.25, 0.3) is 92.2 Å². The number of oxazole rings is 1. The molecule has 12 aromatic rings. The second-order valence-electron chi connectivity index (χ2n) is 13.9. The number of hydrogen-bond acceptors (Lipinski definition) is 5. The van der Waals surface area contributed by atoms with Crippen molar-refractivity contribution in [3.05, 3.63) is 176 Å². The lowest BCUT2D eigenvalue weighted by atomic mass is 10.1. The summed E-state index contributed by atoms with van der Waals surface area (Å²) in [5, 5.41) is 6.92. The molecule has 0 N–H and O–H groups in total. The van der Waals surface area contributed by atoms with Crippen LogP contribution in [0.15, 0.2) is 185 Å². The zero-order chi connectivity index (χ0) is 36.0. The van der Waals surface area contributed by atoms with Crippen molar-refractivity contribution in [1.82, 2.24) is 9.55 Å². The highest BCUT2D eigenvalue weighted by Crippen LogP contribution is 2.48. The summed E-state index contributed by atoms with van der Waals surface area (Å²) in [7, 11) is 0. The van der Waals surface area contributed by atoms with Crippen LogP contribution in [0.1, 0.15) is 0 Å². The van der Waals surface area contributed by atoms with Gasteiger partial charge in [0.2, 0.25) is 5.89 Å². The Hall–Kier alpha value is -7.15. The Bertz CT molecular complexity index is 3450. The topological polar surface area (TPSA) is 47.3 Å². The molecule has 8 aromatic carbocycles. The fraction of sp³-hybridized carbons (Fsp3) is 0. The molecule has 0 saturated carbocycles. The molecule has 6 heteroatoms. The number of rotatable bonds is 5. The summed E-state index contributed by atoms with van der Waals surface area (Å²) in [5.74, 6) is 0.596. The van der Waals surface area contributed by atoms with E-state index in [1.165, 1.54) is 36.5 Å². The number of para-hydroxylation sites is 3. The van der Waals surface area contributed by atoms with Crippen LogP contribution in [-0.4, -0.2) is 9.55 Å². The first kappa shape index (κ1) is 30.3.